The molecule has 4 aromatic heterocycles. The van der Waals surface area contributed by atoms with Gasteiger partial charge in [0.15, 0.2) is 23.1 Å². The first-order valence-corrected chi connectivity index (χ1v) is 12.3. The Kier molecular flexibility index (Phi) is 6.27. The summed E-state index contributed by atoms with van der Waals surface area (Å²) >= 11 is 0. The maximum absolute atomic E-state index is 15.2. The second-order valence-electron chi connectivity index (χ2n) is 9.20. The standard InChI is InChI=1S/C30H21F2N5O3/c1-35-17-21(16-34-35)20-15-29(26-10-11-33-37(26)18-20)40-28-9-4-19(13-25(28)32)14-27(38)24-3-2-12-36(30(24)39)23-7-5-22(31)6-8-23/h2-13,15-18H,14H2,1H3. The van der Waals surface area contributed by atoms with Gasteiger partial charge in [0.1, 0.15) is 11.3 Å². The van der Waals surface area contributed by atoms with Crippen molar-refractivity contribution in [3.8, 4) is 28.3 Å². The highest BCUT2D eigenvalue weighted by molar-refractivity contribution is 5.97. The third kappa shape index (κ3) is 4.78. The zero-order valence-electron chi connectivity index (χ0n) is 21.2. The molecule has 0 fully saturated rings. The van der Waals surface area contributed by atoms with Crippen molar-refractivity contribution in [2.45, 2.75) is 6.42 Å². The molecule has 0 unspecified atom stereocenters. The lowest BCUT2D eigenvalue weighted by Gasteiger charge is -2.11. The minimum Gasteiger partial charge on any atom is -0.452 e. The predicted octanol–water partition coefficient (Wildman–Crippen LogP) is 5.38. The number of carbonyl (C=O) groups excluding carboxylic acids is 1. The van der Waals surface area contributed by atoms with Gasteiger partial charge >= 0.3 is 0 Å². The third-order valence-corrected chi connectivity index (χ3v) is 6.44. The Morgan fingerprint density at radius 3 is 2.50 bits per heavy atom. The lowest BCUT2D eigenvalue weighted by atomic mass is 10.0. The van der Waals surface area contributed by atoms with Gasteiger partial charge in [-0.2, -0.15) is 10.2 Å². The maximum Gasteiger partial charge on any atom is 0.265 e. The van der Waals surface area contributed by atoms with Gasteiger partial charge in [-0.05, 0) is 66.2 Å². The second-order valence-corrected chi connectivity index (χ2v) is 9.20. The number of ketones is 1. The molecule has 8 nitrogen and oxygen atoms in total. The molecule has 6 rings (SSSR count). The summed E-state index contributed by atoms with van der Waals surface area (Å²) in [5.41, 5.74) is 2.49. The van der Waals surface area contributed by atoms with Gasteiger partial charge < -0.3 is 4.74 Å². The normalized spacial score (nSPS) is 11.2. The molecule has 2 aromatic carbocycles. The quantitative estimate of drug-likeness (QED) is 0.255. The number of aryl methyl sites for hydroxylation is 1. The first-order chi connectivity index (χ1) is 19.4. The van der Waals surface area contributed by atoms with Crippen molar-refractivity contribution < 1.29 is 18.3 Å². The molecule has 4 heterocycles. The molecule has 0 spiro atoms. The van der Waals surface area contributed by atoms with Crippen LogP contribution in [0.2, 0.25) is 0 Å². The molecule has 0 aliphatic carbocycles. The number of rotatable bonds is 7. The van der Waals surface area contributed by atoms with Crippen molar-refractivity contribution >= 4 is 11.3 Å². The number of halogens is 2. The monoisotopic (exact) mass is 537 g/mol. The number of fused-ring (bicyclic) bond motifs is 1. The Balaban J connectivity index is 1.25. The van der Waals surface area contributed by atoms with E-state index in [1.807, 2.05) is 19.4 Å². The van der Waals surface area contributed by atoms with Gasteiger partial charge in [0.2, 0.25) is 0 Å². The van der Waals surface area contributed by atoms with Crippen molar-refractivity contribution in [3.05, 3.63) is 131 Å². The molecule has 0 radical (unpaired) electrons. The Bertz CT molecular complexity index is 1940. The Morgan fingerprint density at radius 1 is 0.925 bits per heavy atom. The van der Waals surface area contributed by atoms with E-state index in [2.05, 4.69) is 10.2 Å². The molecule has 0 saturated heterocycles. The summed E-state index contributed by atoms with van der Waals surface area (Å²) in [6.07, 6.45) is 8.32. The van der Waals surface area contributed by atoms with Gasteiger partial charge in [-0.1, -0.05) is 6.07 Å². The number of nitrogens with zero attached hydrogens (tertiary/aromatic N) is 5. The van der Waals surface area contributed by atoms with Crippen LogP contribution >= 0.6 is 0 Å². The fraction of sp³-hybridized carbons (Fsp3) is 0.0667. The Morgan fingerprint density at radius 2 is 1.75 bits per heavy atom. The maximum atomic E-state index is 15.2. The van der Waals surface area contributed by atoms with Crippen molar-refractivity contribution in [1.29, 1.82) is 0 Å². The van der Waals surface area contributed by atoms with Crippen LogP contribution < -0.4 is 10.3 Å². The van der Waals surface area contributed by atoms with Crippen molar-refractivity contribution in [2.24, 2.45) is 7.05 Å². The van der Waals surface area contributed by atoms with E-state index < -0.39 is 23.0 Å². The molecular weight excluding hydrogens is 516 g/mol. The molecule has 0 atom stereocenters. The summed E-state index contributed by atoms with van der Waals surface area (Å²) in [5.74, 6) is -1.20. The molecule has 0 saturated carbocycles. The lowest BCUT2D eigenvalue weighted by molar-refractivity contribution is 0.0991. The van der Waals surface area contributed by atoms with Gasteiger partial charge in [-0.15, -0.1) is 0 Å². The predicted molar refractivity (Wildman–Crippen MR) is 144 cm³/mol. The summed E-state index contributed by atoms with van der Waals surface area (Å²) in [5, 5.41) is 8.48. The number of ether oxygens (including phenoxy) is 1. The highest BCUT2D eigenvalue weighted by Gasteiger charge is 2.17. The van der Waals surface area contributed by atoms with Crippen LogP contribution in [0.5, 0.6) is 11.5 Å². The van der Waals surface area contributed by atoms with Gasteiger partial charge in [0, 0.05) is 48.9 Å². The highest BCUT2D eigenvalue weighted by Crippen LogP contribution is 2.32. The highest BCUT2D eigenvalue weighted by atomic mass is 19.1. The second kappa shape index (κ2) is 10.1. The zero-order valence-corrected chi connectivity index (χ0v) is 21.2. The minimum absolute atomic E-state index is 0.0268. The molecule has 0 aliphatic heterocycles. The van der Waals surface area contributed by atoms with Crippen LogP contribution in [-0.4, -0.2) is 29.7 Å². The van der Waals surface area contributed by atoms with E-state index in [0.29, 0.717) is 22.5 Å². The van der Waals surface area contributed by atoms with Crippen LogP contribution in [0, 0.1) is 11.6 Å². The molecule has 0 N–H and O–H groups in total. The molecule has 0 amide bonds. The molecule has 0 bridgehead atoms. The number of hydrogen-bond donors (Lipinski definition) is 0. The van der Waals surface area contributed by atoms with Crippen LogP contribution in [0.15, 0.2) is 103 Å². The van der Waals surface area contributed by atoms with Crippen molar-refractivity contribution in [2.75, 3.05) is 0 Å². The molecule has 10 heteroatoms. The molecule has 0 aliphatic rings. The summed E-state index contributed by atoms with van der Waals surface area (Å²) in [7, 11) is 1.81. The van der Waals surface area contributed by atoms with Crippen molar-refractivity contribution in [3.63, 3.8) is 0 Å². The van der Waals surface area contributed by atoms with Gasteiger partial charge in [-0.3, -0.25) is 18.8 Å². The average molecular weight is 538 g/mol. The van der Waals surface area contributed by atoms with Crippen LogP contribution in [0.1, 0.15) is 15.9 Å². The number of carbonyl (C=O) groups is 1. The summed E-state index contributed by atoms with van der Waals surface area (Å²) < 4.78 is 39.0. The smallest absolute Gasteiger partial charge is 0.265 e. The topological polar surface area (TPSA) is 83.4 Å². The van der Waals surface area contributed by atoms with E-state index in [1.54, 1.807) is 45.9 Å². The van der Waals surface area contributed by atoms with Crippen LogP contribution in [0.25, 0.3) is 22.3 Å². The van der Waals surface area contributed by atoms with E-state index >= 15 is 4.39 Å². The molecule has 6 aromatic rings. The summed E-state index contributed by atoms with van der Waals surface area (Å²) in [6, 6.07) is 16.1. The van der Waals surface area contributed by atoms with Crippen LogP contribution in [-0.2, 0) is 13.5 Å². The van der Waals surface area contributed by atoms with Crippen molar-refractivity contribution in [1.82, 2.24) is 24.0 Å². The number of aromatic nitrogens is 5. The Labute approximate surface area is 226 Å². The largest absolute Gasteiger partial charge is 0.452 e. The van der Waals surface area contributed by atoms with E-state index in [0.717, 1.165) is 11.1 Å². The van der Waals surface area contributed by atoms with E-state index in [4.69, 9.17) is 4.74 Å². The van der Waals surface area contributed by atoms with Crippen LogP contribution in [0.3, 0.4) is 0 Å². The fourth-order valence-electron chi connectivity index (χ4n) is 4.45. The SMILES string of the molecule is Cn1cc(-c2cc(Oc3ccc(CC(=O)c4cccn(-c5ccc(F)cc5)c4=O)cc3F)c3ccnn3c2)cn1. The van der Waals surface area contributed by atoms with Gasteiger partial charge in [0.05, 0.1) is 18.0 Å². The fourth-order valence-corrected chi connectivity index (χ4v) is 4.45. The number of pyridine rings is 2. The van der Waals surface area contributed by atoms with Crippen LogP contribution in [0.4, 0.5) is 8.78 Å². The number of Topliss-reactive ketones (excluding diaryl/α,β-unsaturated/α-hetero) is 1. The average Bonchev–Trinajstić information content (AvgIpc) is 3.60. The van der Waals surface area contributed by atoms with Gasteiger partial charge in [-0.25, -0.2) is 13.3 Å². The lowest BCUT2D eigenvalue weighted by Crippen LogP contribution is -2.25. The number of hydrogen-bond acceptors (Lipinski definition) is 5. The van der Waals surface area contributed by atoms with Gasteiger partial charge in [0.25, 0.3) is 5.56 Å². The molecular formula is C30H21F2N5O3. The van der Waals surface area contributed by atoms with E-state index in [-0.39, 0.29) is 17.7 Å². The zero-order chi connectivity index (χ0) is 27.8. The first-order valence-electron chi connectivity index (χ1n) is 12.3. The summed E-state index contributed by atoms with van der Waals surface area (Å²) in [6.45, 7) is 0. The van der Waals surface area contributed by atoms with E-state index in [9.17, 15) is 14.0 Å². The first kappa shape index (κ1) is 24.9. The molecule has 198 valence electrons. The number of benzene rings is 2. The Hall–Kier alpha value is -5.38. The minimum atomic E-state index is -0.661. The third-order valence-electron chi connectivity index (χ3n) is 6.44. The van der Waals surface area contributed by atoms with E-state index in [1.165, 1.54) is 53.2 Å². The summed E-state index contributed by atoms with van der Waals surface area (Å²) in [4.78, 5) is 26.0. The molecule has 40 heavy (non-hydrogen) atoms.